The molecule has 0 aromatic heterocycles. The summed E-state index contributed by atoms with van der Waals surface area (Å²) in [5.41, 5.74) is 3.83. The van der Waals surface area contributed by atoms with Gasteiger partial charge in [0.15, 0.2) is 0 Å². The fourth-order valence-corrected chi connectivity index (χ4v) is 10.5. The summed E-state index contributed by atoms with van der Waals surface area (Å²) in [7, 11) is 0. The highest BCUT2D eigenvalue weighted by molar-refractivity contribution is 5.29. The quantitative estimate of drug-likeness (QED) is 0.457. The van der Waals surface area contributed by atoms with Crippen LogP contribution in [0.25, 0.3) is 0 Å². The van der Waals surface area contributed by atoms with Crippen LogP contribution in [0.4, 0.5) is 0 Å². The Bertz CT molecular complexity index is 709. The zero-order valence-electron chi connectivity index (χ0n) is 20.6. The van der Waals surface area contributed by atoms with Crippen molar-refractivity contribution in [2.24, 2.45) is 51.2 Å². The average molecular weight is 413 g/mol. The lowest BCUT2D eigenvalue weighted by molar-refractivity contribution is -0.133. The van der Waals surface area contributed by atoms with Gasteiger partial charge in [0.1, 0.15) is 0 Å². The predicted molar refractivity (Wildman–Crippen MR) is 126 cm³/mol. The third kappa shape index (κ3) is 2.63. The molecule has 5 rings (SSSR count). The second-order valence-electron chi connectivity index (χ2n) is 13.6. The van der Waals surface area contributed by atoms with Gasteiger partial charge in [-0.2, -0.15) is 0 Å². The molecule has 5 aliphatic carbocycles. The largest absolute Gasteiger partial charge is 0.393 e. The fourth-order valence-electron chi connectivity index (χ4n) is 10.5. The lowest BCUT2D eigenvalue weighted by Gasteiger charge is -2.61. The van der Waals surface area contributed by atoms with Gasteiger partial charge in [-0.25, -0.2) is 0 Å². The van der Waals surface area contributed by atoms with Crippen LogP contribution in [0.3, 0.4) is 0 Å². The zero-order valence-corrected chi connectivity index (χ0v) is 20.6. The number of aliphatic hydroxyl groups is 1. The van der Waals surface area contributed by atoms with E-state index in [1.54, 1.807) is 0 Å². The van der Waals surface area contributed by atoms with E-state index in [1.165, 1.54) is 69.8 Å². The van der Waals surface area contributed by atoms with Crippen LogP contribution >= 0.6 is 0 Å². The van der Waals surface area contributed by atoms with Crippen LogP contribution in [0.5, 0.6) is 0 Å². The first-order valence-electron chi connectivity index (χ1n) is 13.5. The molecule has 0 saturated heterocycles. The van der Waals surface area contributed by atoms with Crippen molar-refractivity contribution in [3.8, 4) is 0 Å². The SMILES string of the molecule is C=C(CC[C@@H](C)[C@H]1CC[C@@]2(C)[C@@H]3CC[C@H]4C[C@@H](O)CC[C@@]45C[C@]35CC[C@]12C)C(C)C. The van der Waals surface area contributed by atoms with Gasteiger partial charge in [0.2, 0.25) is 0 Å². The molecule has 1 nitrogen and oxygen atoms in total. The second-order valence-corrected chi connectivity index (χ2v) is 13.6. The van der Waals surface area contributed by atoms with Crippen LogP contribution in [0.15, 0.2) is 12.2 Å². The number of allylic oxidation sites excluding steroid dienone is 1. The summed E-state index contributed by atoms with van der Waals surface area (Å²) in [4.78, 5) is 0. The fraction of sp³-hybridized carbons (Fsp3) is 0.931. The van der Waals surface area contributed by atoms with E-state index in [-0.39, 0.29) is 6.10 Å². The third-order valence-corrected chi connectivity index (χ3v) is 12.6. The van der Waals surface area contributed by atoms with E-state index >= 15 is 0 Å². The van der Waals surface area contributed by atoms with Gasteiger partial charge in [-0.1, -0.05) is 46.8 Å². The minimum absolute atomic E-state index is 0.00318. The van der Waals surface area contributed by atoms with Crippen LogP contribution in [0, 0.1) is 51.2 Å². The minimum atomic E-state index is -0.00318. The summed E-state index contributed by atoms with van der Waals surface area (Å²) in [6.07, 6.45) is 16.4. The first-order chi connectivity index (χ1) is 14.1. The minimum Gasteiger partial charge on any atom is -0.393 e. The van der Waals surface area contributed by atoms with E-state index < -0.39 is 0 Å². The van der Waals surface area contributed by atoms with E-state index in [4.69, 9.17) is 0 Å². The number of rotatable bonds is 5. The van der Waals surface area contributed by atoms with Crippen LogP contribution in [0.1, 0.15) is 112 Å². The van der Waals surface area contributed by atoms with Gasteiger partial charge in [0.05, 0.1) is 6.10 Å². The third-order valence-electron chi connectivity index (χ3n) is 12.6. The molecule has 2 spiro atoms. The van der Waals surface area contributed by atoms with E-state index in [9.17, 15) is 5.11 Å². The summed E-state index contributed by atoms with van der Waals surface area (Å²) < 4.78 is 0. The molecule has 1 heteroatoms. The number of aliphatic hydroxyl groups excluding tert-OH is 1. The smallest absolute Gasteiger partial charge is 0.0543 e. The number of hydrogen-bond donors (Lipinski definition) is 1. The van der Waals surface area contributed by atoms with Gasteiger partial charge in [0, 0.05) is 0 Å². The molecular formula is C29H48O. The standard InChI is InChI=1S/C29H48O/c1-19(2)20(3)7-8-21(4)24-12-13-27(6)25-10-9-22-17-23(30)11-14-28(22)18-29(25,28)16-15-26(24,27)5/h19,21-25,30H,3,7-18H2,1-2,4-6H3/t21-,22+,23+,24-,25+,26-,27+,28-,29-/m1/s1. The summed E-state index contributed by atoms with van der Waals surface area (Å²) in [5.74, 6) is 4.16. The summed E-state index contributed by atoms with van der Waals surface area (Å²) in [6.45, 7) is 17.0. The van der Waals surface area contributed by atoms with Gasteiger partial charge < -0.3 is 5.11 Å². The maximum absolute atomic E-state index is 10.3. The maximum Gasteiger partial charge on any atom is 0.0543 e. The van der Waals surface area contributed by atoms with E-state index in [2.05, 4.69) is 41.2 Å². The Labute approximate surface area is 186 Å². The van der Waals surface area contributed by atoms with Crippen molar-refractivity contribution in [2.75, 3.05) is 0 Å². The van der Waals surface area contributed by atoms with Crippen molar-refractivity contribution in [1.29, 1.82) is 0 Å². The van der Waals surface area contributed by atoms with Crippen molar-refractivity contribution in [3.63, 3.8) is 0 Å². The molecule has 5 saturated carbocycles. The highest BCUT2D eigenvalue weighted by Crippen LogP contribution is 2.87. The molecule has 0 unspecified atom stereocenters. The Morgan fingerprint density at radius 3 is 2.43 bits per heavy atom. The molecule has 0 radical (unpaired) electrons. The predicted octanol–water partition coefficient (Wildman–Crippen LogP) is 7.78. The van der Waals surface area contributed by atoms with E-state index in [0.29, 0.717) is 27.6 Å². The van der Waals surface area contributed by atoms with Crippen LogP contribution in [-0.2, 0) is 0 Å². The molecule has 170 valence electrons. The summed E-state index contributed by atoms with van der Waals surface area (Å²) >= 11 is 0. The molecule has 0 amide bonds. The van der Waals surface area contributed by atoms with Gasteiger partial charge in [0.25, 0.3) is 0 Å². The van der Waals surface area contributed by atoms with Crippen molar-refractivity contribution in [2.45, 2.75) is 118 Å². The van der Waals surface area contributed by atoms with Crippen LogP contribution in [0.2, 0.25) is 0 Å². The van der Waals surface area contributed by atoms with Crippen LogP contribution in [-0.4, -0.2) is 11.2 Å². The molecule has 0 aromatic carbocycles. The highest BCUT2D eigenvalue weighted by Gasteiger charge is 2.80. The van der Waals surface area contributed by atoms with Crippen molar-refractivity contribution < 1.29 is 5.11 Å². The normalized spacial score (nSPS) is 52.8. The van der Waals surface area contributed by atoms with E-state index in [1.807, 2.05) is 0 Å². The molecule has 0 heterocycles. The molecule has 30 heavy (non-hydrogen) atoms. The Kier molecular flexibility index (Phi) is 4.92. The lowest BCUT2D eigenvalue weighted by atomic mass is 9.43. The Hall–Kier alpha value is -0.300. The van der Waals surface area contributed by atoms with Crippen molar-refractivity contribution in [1.82, 2.24) is 0 Å². The molecular weight excluding hydrogens is 364 g/mol. The van der Waals surface area contributed by atoms with Gasteiger partial charge in [-0.3, -0.25) is 0 Å². The molecule has 9 atom stereocenters. The Morgan fingerprint density at radius 2 is 1.70 bits per heavy atom. The molecule has 0 bridgehead atoms. The first-order valence-corrected chi connectivity index (χ1v) is 13.5. The molecule has 5 fully saturated rings. The van der Waals surface area contributed by atoms with Gasteiger partial charge in [-0.15, -0.1) is 0 Å². The highest BCUT2D eigenvalue weighted by atomic mass is 16.3. The zero-order chi connectivity index (χ0) is 21.5. The first kappa shape index (κ1) is 21.5. The second kappa shape index (κ2) is 6.85. The van der Waals surface area contributed by atoms with Gasteiger partial charge >= 0.3 is 0 Å². The Balaban J connectivity index is 1.36. The summed E-state index contributed by atoms with van der Waals surface area (Å²) in [5, 5.41) is 10.3. The number of fused-ring (bicyclic) bond motifs is 2. The van der Waals surface area contributed by atoms with Crippen LogP contribution < -0.4 is 0 Å². The maximum atomic E-state index is 10.3. The molecule has 5 aliphatic rings. The van der Waals surface area contributed by atoms with Crippen molar-refractivity contribution in [3.05, 3.63) is 12.2 Å². The lowest BCUT2D eigenvalue weighted by Crippen LogP contribution is -2.55. The van der Waals surface area contributed by atoms with E-state index in [0.717, 1.165) is 36.5 Å². The summed E-state index contributed by atoms with van der Waals surface area (Å²) in [6, 6.07) is 0. The van der Waals surface area contributed by atoms with Crippen molar-refractivity contribution >= 4 is 0 Å². The molecule has 1 N–H and O–H groups in total. The topological polar surface area (TPSA) is 20.2 Å². The molecule has 0 aliphatic heterocycles. The van der Waals surface area contributed by atoms with Gasteiger partial charge in [-0.05, 0) is 128 Å². The Morgan fingerprint density at radius 1 is 0.933 bits per heavy atom. The monoisotopic (exact) mass is 412 g/mol. The average Bonchev–Trinajstić information content (AvgIpc) is 3.28. The number of hydrogen-bond acceptors (Lipinski definition) is 1. The molecule has 0 aromatic rings.